The number of benzene rings is 2. The van der Waals surface area contributed by atoms with Gasteiger partial charge >= 0.3 is 0 Å². The number of pyridine rings is 3. The predicted octanol–water partition coefficient (Wildman–Crippen LogP) is 10.00. The molecule has 40 heavy (non-hydrogen) atoms. The molecule has 190 valence electrons. The van der Waals surface area contributed by atoms with Gasteiger partial charge < -0.3 is 0 Å². The third kappa shape index (κ3) is 4.77. The van der Waals surface area contributed by atoms with Crippen molar-refractivity contribution in [2.75, 3.05) is 0 Å². The molecule has 0 N–H and O–H groups in total. The van der Waals surface area contributed by atoms with Crippen LogP contribution in [0, 0.1) is 0 Å². The van der Waals surface area contributed by atoms with E-state index in [2.05, 4.69) is 106 Å². The minimum Gasteiger partial charge on any atom is -0.263 e. The van der Waals surface area contributed by atoms with E-state index >= 15 is 0 Å². The molecule has 0 saturated carbocycles. The molecule has 0 bridgehead atoms. The lowest BCUT2D eigenvalue weighted by Gasteiger charge is -2.07. The quantitative estimate of drug-likeness (QED) is 0.207. The van der Waals surface area contributed by atoms with Crippen molar-refractivity contribution in [3.8, 4) is 64.3 Å². The maximum Gasteiger partial charge on any atom is 0.0708 e. The van der Waals surface area contributed by atoms with E-state index in [1.54, 1.807) is 22.7 Å². The summed E-state index contributed by atoms with van der Waals surface area (Å²) in [5.74, 6) is 0. The van der Waals surface area contributed by atoms with Crippen molar-refractivity contribution in [3.05, 3.63) is 140 Å². The summed E-state index contributed by atoms with van der Waals surface area (Å²) in [5.41, 5.74) is 8.86. The van der Waals surface area contributed by atoms with Crippen molar-refractivity contribution in [2.45, 2.75) is 0 Å². The van der Waals surface area contributed by atoms with Crippen LogP contribution in [0.15, 0.2) is 140 Å². The van der Waals surface area contributed by atoms with E-state index in [4.69, 9.17) is 0 Å². The molecule has 3 nitrogen and oxygen atoms in total. The van der Waals surface area contributed by atoms with Crippen LogP contribution in [0.5, 0.6) is 0 Å². The molecule has 7 rings (SSSR count). The summed E-state index contributed by atoms with van der Waals surface area (Å²) in [7, 11) is 0. The predicted molar refractivity (Wildman–Crippen MR) is 168 cm³/mol. The third-order valence-corrected chi connectivity index (χ3v) is 9.12. The maximum atomic E-state index is 4.63. The van der Waals surface area contributed by atoms with Crippen LogP contribution >= 0.6 is 22.7 Å². The average Bonchev–Trinajstić information content (AvgIpc) is 3.73. The molecular formula is C35H23N3S2. The molecule has 0 saturated heterocycles. The van der Waals surface area contributed by atoms with E-state index in [0.717, 1.165) is 33.6 Å². The molecule has 0 fully saturated rings. The molecule has 0 atom stereocenters. The van der Waals surface area contributed by atoms with E-state index in [9.17, 15) is 0 Å². The summed E-state index contributed by atoms with van der Waals surface area (Å²) in [6, 6.07) is 40.0. The standard InChI is InChI=1S/C35H23N3S2/c1-3-11-28(26(9-1)30-13-5-7-19-37-30)34-17-15-32(39-34)24-21-25(23-36-22-24)33-16-18-35(40-33)29-12-4-2-10-27(29)31-14-6-8-20-38-31/h1-23H. The van der Waals surface area contributed by atoms with Crippen molar-refractivity contribution in [3.63, 3.8) is 0 Å². The molecule has 0 aliphatic rings. The van der Waals surface area contributed by atoms with Crippen LogP contribution in [0.4, 0.5) is 0 Å². The lowest BCUT2D eigenvalue weighted by atomic mass is 10.0. The highest BCUT2D eigenvalue weighted by molar-refractivity contribution is 7.19. The SMILES string of the molecule is c1ccc(-c2ccccc2-c2ccc(-c3cncc(-c4ccc(-c5ccccc5-c5ccccn5)s4)c3)s2)nc1. The average molecular weight is 550 g/mol. The van der Waals surface area contributed by atoms with Gasteiger partial charge in [-0.25, -0.2) is 0 Å². The van der Waals surface area contributed by atoms with Gasteiger partial charge in [0.2, 0.25) is 0 Å². The number of hydrogen-bond acceptors (Lipinski definition) is 5. The highest BCUT2D eigenvalue weighted by Gasteiger charge is 2.14. The van der Waals surface area contributed by atoms with Gasteiger partial charge in [-0.05, 0) is 54.6 Å². The van der Waals surface area contributed by atoms with Gasteiger partial charge in [0, 0.05) is 77.7 Å². The van der Waals surface area contributed by atoms with E-state index in [0.29, 0.717) is 0 Å². The van der Waals surface area contributed by atoms with Crippen molar-refractivity contribution >= 4 is 22.7 Å². The molecule has 7 aromatic rings. The molecular weight excluding hydrogens is 527 g/mol. The number of rotatable bonds is 6. The van der Waals surface area contributed by atoms with E-state index < -0.39 is 0 Å². The van der Waals surface area contributed by atoms with Crippen LogP contribution in [0.2, 0.25) is 0 Å². The molecule has 0 amide bonds. The molecule has 2 aromatic carbocycles. The molecule has 5 heterocycles. The number of nitrogens with zero attached hydrogens (tertiary/aromatic N) is 3. The number of thiophene rings is 2. The first-order chi connectivity index (χ1) is 19.8. The van der Waals surface area contributed by atoms with Gasteiger partial charge in [-0.3, -0.25) is 15.0 Å². The van der Waals surface area contributed by atoms with Gasteiger partial charge in [0.25, 0.3) is 0 Å². The molecule has 0 aliphatic carbocycles. The van der Waals surface area contributed by atoms with Crippen LogP contribution in [-0.4, -0.2) is 15.0 Å². The second-order valence-corrected chi connectivity index (χ2v) is 11.5. The topological polar surface area (TPSA) is 38.7 Å². The van der Waals surface area contributed by atoms with Crippen LogP contribution in [0.3, 0.4) is 0 Å². The lowest BCUT2D eigenvalue weighted by molar-refractivity contribution is 1.33. The largest absolute Gasteiger partial charge is 0.263 e. The van der Waals surface area contributed by atoms with Crippen LogP contribution < -0.4 is 0 Å². The van der Waals surface area contributed by atoms with E-state index in [1.807, 2.05) is 49.1 Å². The highest BCUT2D eigenvalue weighted by Crippen LogP contribution is 2.41. The van der Waals surface area contributed by atoms with Crippen LogP contribution in [-0.2, 0) is 0 Å². The summed E-state index contributed by atoms with van der Waals surface area (Å²) in [4.78, 5) is 18.6. The first kappa shape index (κ1) is 24.3. The second kappa shape index (κ2) is 10.8. The number of aromatic nitrogens is 3. The zero-order valence-corrected chi connectivity index (χ0v) is 23.1. The Morgan fingerprint density at radius 1 is 0.400 bits per heavy atom. The van der Waals surface area contributed by atoms with E-state index in [1.165, 1.54) is 30.6 Å². The third-order valence-electron chi connectivity index (χ3n) is 6.79. The molecule has 0 spiro atoms. The number of hydrogen-bond donors (Lipinski definition) is 0. The van der Waals surface area contributed by atoms with Gasteiger partial charge in [-0.1, -0.05) is 60.7 Å². The van der Waals surface area contributed by atoms with Crippen molar-refractivity contribution in [1.29, 1.82) is 0 Å². The Hall–Kier alpha value is -4.71. The molecule has 0 aliphatic heterocycles. The Labute approximate surface area is 241 Å². The maximum absolute atomic E-state index is 4.63. The Bertz CT molecular complexity index is 1770. The molecule has 0 radical (unpaired) electrons. The van der Waals surface area contributed by atoms with Crippen molar-refractivity contribution in [2.24, 2.45) is 0 Å². The van der Waals surface area contributed by atoms with Gasteiger partial charge in [0.05, 0.1) is 11.4 Å². The van der Waals surface area contributed by atoms with E-state index in [-0.39, 0.29) is 0 Å². The Morgan fingerprint density at radius 2 is 0.825 bits per heavy atom. The van der Waals surface area contributed by atoms with Crippen molar-refractivity contribution < 1.29 is 0 Å². The highest BCUT2D eigenvalue weighted by atomic mass is 32.1. The van der Waals surface area contributed by atoms with Crippen molar-refractivity contribution in [1.82, 2.24) is 15.0 Å². The minimum atomic E-state index is 0.981. The van der Waals surface area contributed by atoms with Gasteiger partial charge in [0.1, 0.15) is 0 Å². The Morgan fingerprint density at radius 3 is 1.27 bits per heavy atom. The summed E-state index contributed by atoms with van der Waals surface area (Å²) >= 11 is 3.56. The minimum absolute atomic E-state index is 0.981. The van der Waals surface area contributed by atoms with Gasteiger partial charge in [-0.15, -0.1) is 22.7 Å². The molecule has 5 aromatic heterocycles. The monoisotopic (exact) mass is 549 g/mol. The first-order valence-electron chi connectivity index (χ1n) is 13.0. The zero-order valence-electron chi connectivity index (χ0n) is 21.4. The second-order valence-electron chi connectivity index (χ2n) is 9.31. The fourth-order valence-corrected chi connectivity index (χ4v) is 6.92. The Balaban J connectivity index is 1.20. The summed E-state index contributed by atoms with van der Waals surface area (Å²) in [6.07, 6.45) is 7.59. The summed E-state index contributed by atoms with van der Waals surface area (Å²) < 4.78 is 0. The lowest BCUT2D eigenvalue weighted by Crippen LogP contribution is -1.85. The molecule has 5 heteroatoms. The Kier molecular flexibility index (Phi) is 6.58. The normalized spacial score (nSPS) is 11.0. The van der Waals surface area contributed by atoms with Gasteiger partial charge in [0.15, 0.2) is 0 Å². The summed E-state index contributed by atoms with van der Waals surface area (Å²) in [6.45, 7) is 0. The van der Waals surface area contributed by atoms with Crippen LogP contribution in [0.25, 0.3) is 64.3 Å². The smallest absolute Gasteiger partial charge is 0.0708 e. The molecule has 0 unspecified atom stereocenters. The van der Waals surface area contributed by atoms with Gasteiger partial charge in [-0.2, -0.15) is 0 Å². The first-order valence-corrected chi connectivity index (χ1v) is 14.6. The fourth-order valence-electron chi connectivity index (χ4n) is 4.87. The fraction of sp³-hybridized carbons (Fsp3) is 0. The van der Waals surface area contributed by atoms with Crippen LogP contribution in [0.1, 0.15) is 0 Å². The zero-order chi connectivity index (χ0) is 26.7. The summed E-state index contributed by atoms with van der Waals surface area (Å²) in [5, 5.41) is 0.